The van der Waals surface area contributed by atoms with E-state index in [1.165, 1.54) is 0 Å². The average Bonchev–Trinajstić information content (AvgIpc) is 2.45. The molecule has 0 saturated heterocycles. The van der Waals surface area contributed by atoms with Gasteiger partial charge in [-0.15, -0.1) is 10.2 Å². The average molecular weight is 196 g/mol. The van der Waals surface area contributed by atoms with Gasteiger partial charge in [-0.25, -0.2) is 0 Å². The van der Waals surface area contributed by atoms with E-state index in [1.54, 1.807) is 0 Å². The normalized spacial score (nSPS) is 16.4. The minimum Gasteiger partial charge on any atom is -0.396 e. The molecule has 0 unspecified atom stereocenters. The van der Waals surface area contributed by atoms with Crippen LogP contribution in [-0.2, 0) is 19.4 Å². The predicted octanol–water partition coefficient (Wildman–Crippen LogP) is -0.651. The van der Waals surface area contributed by atoms with E-state index in [1.807, 2.05) is 0 Å². The Morgan fingerprint density at radius 1 is 1.36 bits per heavy atom. The Balaban J connectivity index is 2.12. The van der Waals surface area contributed by atoms with Gasteiger partial charge in [0.1, 0.15) is 11.6 Å². The molecule has 1 aromatic rings. The molecule has 0 saturated carbocycles. The Morgan fingerprint density at radius 3 is 3.14 bits per heavy atom. The highest BCUT2D eigenvalue weighted by atomic mass is 16.2. The first kappa shape index (κ1) is 9.61. The molecule has 0 radical (unpaired) electrons. The summed E-state index contributed by atoms with van der Waals surface area (Å²) in [6, 6.07) is 0. The van der Waals surface area contributed by atoms with Crippen molar-refractivity contribution in [1.82, 2.24) is 20.1 Å². The van der Waals surface area contributed by atoms with Crippen LogP contribution in [0.15, 0.2) is 0 Å². The maximum Gasteiger partial charge on any atom is 0.134 e. The van der Waals surface area contributed by atoms with Gasteiger partial charge in [0.25, 0.3) is 0 Å². The van der Waals surface area contributed by atoms with Crippen LogP contribution >= 0.6 is 0 Å². The molecule has 0 atom stereocenters. The first-order valence-corrected chi connectivity index (χ1v) is 5.14. The lowest BCUT2D eigenvalue weighted by molar-refractivity contribution is 0.286. The van der Waals surface area contributed by atoms with Crippen LogP contribution in [0.3, 0.4) is 0 Å². The summed E-state index contributed by atoms with van der Waals surface area (Å²) in [5.74, 6) is 2.08. The van der Waals surface area contributed by atoms with Gasteiger partial charge < -0.3 is 15.0 Å². The van der Waals surface area contributed by atoms with Crippen molar-refractivity contribution < 1.29 is 5.11 Å². The second kappa shape index (κ2) is 4.52. The van der Waals surface area contributed by atoms with Gasteiger partial charge in [0, 0.05) is 39.1 Å². The topological polar surface area (TPSA) is 63.0 Å². The van der Waals surface area contributed by atoms with E-state index in [4.69, 9.17) is 5.11 Å². The van der Waals surface area contributed by atoms with Crippen molar-refractivity contribution in [2.75, 3.05) is 19.7 Å². The van der Waals surface area contributed by atoms with Gasteiger partial charge in [-0.05, 0) is 6.42 Å². The molecule has 0 aliphatic carbocycles. The highest BCUT2D eigenvalue weighted by Gasteiger charge is 2.13. The van der Waals surface area contributed by atoms with E-state index >= 15 is 0 Å². The minimum absolute atomic E-state index is 0.223. The number of aliphatic hydroxyl groups is 1. The molecule has 2 rings (SSSR count). The number of aliphatic hydroxyl groups excluding tert-OH is 1. The molecule has 5 heteroatoms. The number of nitrogens with zero attached hydrogens (tertiary/aromatic N) is 3. The van der Waals surface area contributed by atoms with Crippen LogP contribution in [0.4, 0.5) is 0 Å². The quantitative estimate of drug-likeness (QED) is 0.674. The monoisotopic (exact) mass is 196 g/mol. The number of aryl methyl sites for hydroxylation is 1. The zero-order valence-electron chi connectivity index (χ0n) is 8.24. The summed E-state index contributed by atoms with van der Waals surface area (Å²) < 4.78 is 2.18. The molecule has 5 nitrogen and oxygen atoms in total. The Hall–Kier alpha value is -0.940. The Kier molecular flexibility index (Phi) is 3.10. The fraction of sp³-hybridized carbons (Fsp3) is 0.778. The Labute approximate surface area is 83.2 Å². The van der Waals surface area contributed by atoms with Gasteiger partial charge in [-0.2, -0.15) is 0 Å². The SMILES string of the molecule is OCCCc1nnc2n1CCNCC2. The molecule has 1 aromatic heterocycles. The molecule has 1 aliphatic heterocycles. The first-order chi connectivity index (χ1) is 6.92. The van der Waals surface area contributed by atoms with Crippen LogP contribution in [0.1, 0.15) is 18.1 Å². The predicted molar refractivity (Wildman–Crippen MR) is 52.0 cm³/mol. The lowest BCUT2D eigenvalue weighted by Crippen LogP contribution is -2.18. The molecule has 78 valence electrons. The van der Waals surface area contributed by atoms with Gasteiger partial charge in [-0.3, -0.25) is 0 Å². The van der Waals surface area contributed by atoms with Crippen LogP contribution in [0.5, 0.6) is 0 Å². The van der Waals surface area contributed by atoms with Crippen molar-refractivity contribution in [2.45, 2.75) is 25.8 Å². The summed E-state index contributed by atoms with van der Waals surface area (Å²) >= 11 is 0. The fourth-order valence-corrected chi connectivity index (χ4v) is 1.75. The van der Waals surface area contributed by atoms with Gasteiger partial charge >= 0.3 is 0 Å². The van der Waals surface area contributed by atoms with Crippen molar-refractivity contribution in [2.24, 2.45) is 0 Å². The van der Waals surface area contributed by atoms with Crippen molar-refractivity contribution in [1.29, 1.82) is 0 Å². The van der Waals surface area contributed by atoms with Gasteiger partial charge in [0.05, 0.1) is 0 Å². The summed E-state index contributed by atoms with van der Waals surface area (Å²) in [5, 5.41) is 20.4. The van der Waals surface area contributed by atoms with Crippen LogP contribution < -0.4 is 5.32 Å². The second-order valence-corrected chi connectivity index (χ2v) is 3.51. The molecule has 0 amide bonds. The van der Waals surface area contributed by atoms with Crippen molar-refractivity contribution in [3.63, 3.8) is 0 Å². The van der Waals surface area contributed by atoms with E-state index in [0.717, 1.165) is 50.5 Å². The summed E-state index contributed by atoms with van der Waals surface area (Å²) in [5.41, 5.74) is 0. The summed E-state index contributed by atoms with van der Waals surface area (Å²) in [6.45, 7) is 3.14. The molecule has 0 aromatic carbocycles. The number of fused-ring (bicyclic) bond motifs is 1. The van der Waals surface area contributed by atoms with Crippen LogP contribution in [0.25, 0.3) is 0 Å². The summed E-state index contributed by atoms with van der Waals surface area (Å²) in [6.07, 6.45) is 2.54. The van der Waals surface area contributed by atoms with Crippen LogP contribution in [0, 0.1) is 0 Å². The highest BCUT2D eigenvalue weighted by molar-refractivity contribution is 4.98. The number of aromatic nitrogens is 3. The third-order valence-electron chi connectivity index (χ3n) is 2.50. The van der Waals surface area contributed by atoms with E-state index in [2.05, 4.69) is 20.1 Å². The van der Waals surface area contributed by atoms with Crippen molar-refractivity contribution in [3.05, 3.63) is 11.6 Å². The number of rotatable bonds is 3. The lowest BCUT2D eigenvalue weighted by Gasteiger charge is -2.05. The standard InChI is InChI=1S/C9H16N4O/c14-7-1-2-8-11-12-9-3-4-10-5-6-13(8)9/h10,14H,1-7H2. The van der Waals surface area contributed by atoms with E-state index in [9.17, 15) is 0 Å². The van der Waals surface area contributed by atoms with E-state index in [0.29, 0.717) is 0 Å². The van der Waals surface area contributed by atoms with Crippen molar-refractivity contribution >= 4 is 0 Å². The van der Waals surface area contributed by atoms with Crippen LogP contribution in [0.2, 0.25) is 0 Å². The van der Waals surface area contributed by atoms with E-state index < -0.39 is 0 Å². The van der Waals surface area contributed by atoms with Crippen molar-refractivity contribution in [3.8, 4) is 0 Å². The minimum atomic E-state index is 0.223. The smallest absolute Gasteiger partial charge is 0.134 e. The molecular weight excluding hydrogens is 180 g/mol. The summed E-state index contributed by atoms with van der Waals surface area (Å²) in [4.78, 5) is 0. The van der Waals surface area contributed by atoms with E-state index in [-0.39, 0.29) is 6.61 Å². The molecule has 2 heterocycles. The zero-order valence-corrected chi connectivity index (χ0v) is 8.24. The number of nitrogens with one attached hydrogen (secondary N) is 1. The number of hydrogen-bond acceptors (Lipinski definition) is 4. The molecule has 2 N–H and O–H groups in total. The maximum absolute atomic E-state index is 8.75. The molecule has 0 spiro atoms. The lowest BCUT2D eigenvalue weighted by atomic mass is 10.3. The van der Waals surface area contributed by atoms with Gasteiger partial charge in [0.2, 0.25) is 0 Å². The van der Waals surface area contributed by atoms with Gasteiger partial charge in [0.15, 0.2) is 0 Å². The number of hydrogen-bond donors (Lipinski definition) is 2. The first-order valence-electron chi connectivity index (χ1n) is 5.14. The molecule has 0 bridgehead atoms. The third kappa shape index (κ3) is 1.93. The largest absolute Gasteiger partial charge is 0.396 e. The summed E-state index contributed by atoms with van der Waals surface area (Å²) in [7, 11) is 0. The second-order valence-electron chi connectivity index (χ2n) is 3.51. The van der Waals surface area contributed by atoms with Gasteiger partial charge in [-0.1, -0.05) is 0 Å². The Morgan fingerprint density at radius 2 is 2.29 bits per heavy atom. The molecular formula is C9H16N4O. The van der Waals surface area contributed by atoms with Crippen LogP contribution in [-0.4, -0.2) is 39.6 Å². The zero-order chi connectivity index (χ0) is 9.80. The fourth-order valence-electron chi connectivity index (χ4n) is 1.75. The molecule has 14 heavy (non-hydrogen) atoms. The third-order valence-corrected chi connectivity index (χ3v) is 2.50. The highest BCUT2D eigenvalue weighted by Crippen LogP contribution is 2.06. The Bertz CT molecular complexity index is 297. The molecule has 1 aliphatic rings. The molecule has 0 fully saturated rings. The maximum atomic E-state index is 8.75.